The number of benzene rings is 1. The maximum Gasteiger partial charge on any atom is 0.347 e. The number of aromatic nitrogens is 2. The summed E-state index contributed by atoms with van der Waals surface area (Å²) in [7, 11) is 0. The zero-order chi connectivity index (χ0) is 15.0. The number of fused-ring (bicyclic) bond motifs is 1. The lowest BCUT2D eigenvalue weighted by molar-refractivity contribution is 0.0700. The van der Waals surface area contributed by atoms with E-state index in [1.807, 2.05) is 44.2 Å². The van der Waals surface area contributed by atoms with Gasteiger partial charge in [0, 0.05) is 17.1 Å². The third-order valence-corrected chi connectivity index (χ3v) is 4.35. The van der Waals surface area contributed by atoms with Crippen LogP contribution in [0.5, 0.6) is 0 Å². The van der Waals surface area contributed by atoms with Gasteiger partial charge in [-0.25, -0.2) is 9.78 Å². The van der Waals surface area contributed by atoms with Gasteiger partial charge in [-0.2, -0.15) is 0 Å². The van der Waals surface area contributed by atoms with Crippen molar-refractivity contribution in [2.45, 2.75) is 19.8 Å². The number of aromatic carboxylic acids is 1. The maximum absolute atomic E-state index is 11.4. The zero-order valence-electron chi connectivity index (χ0n) is 11.7. The van der Waals surface area contributed by atoms with Gasteiger partial charge in [-0.1, -0.05) is 32.0 Å². The molecule has 0 radical (unpaired) electrons. The molecule has 0 unspecified atom stereocenters. The Morgan fingerprint density at radius 3 is 2.67 bits per heavy atom. The average Bonchev–Trinajstić information content (AvgIpc) is 2.92. The molecule has 106 valence electrons. The van der Waals surface area contributed by atoms with Crippen LogP contribution < -0.4 is 0 Å². The van der Waals surface area contributed by atoms with Crippen molar-refractivity contribution in [2.75, 3.05) is 0 Å². The van der Waals surface area contributed by atoms with Crippen LogP contribution in [0.2, 0.25) is 0 Å². The summed E-state index contributed by atoms with van der Waals surface area (Å²) in [6.07, 6.45) is 1.74. The summed E-state index contributed by atoms with van der Waals surface area (Å²) < 4.78 is 0. The number of thiazole rings is 1. The quantitative estimate of drug-likeness (QED) is 0.788. The SMILES string of the molecule is CC(C)c1nc(-c2cccc3cccnc23)sc1C(=O)O. The zero-order valence-corrected chi connectivity index (χ0v) is 12.5. The van der Waals surface area contributed by atoms with E-state index in [1.165, 1.54) is 11.3 Å². The first-order valence-corrected chi connectivity index (χ1v) is 7.47. The molecule has 0 saturated heterocycles. The lowest BCUT2D eigenvalue weighted by atomic mass is 10.1. The Bertz CT molecular complexity index is 819. The molecule has 3 rings (SSSR count). The van der Waals surface area contributed by atoms with Crippen molar-refractivity contribution in [2.24, 2.45) is 0 Å². The predicted molar refractivity (Wildman–Crippen MR) is 83.9 cm³/mol. The molecule has 1 aromatic carbocycles. The van der Waals surface area contributed by atoms with Crippen LogP contribution in [-0.2, 0) is 0 Å². The van der Waals surface area contributed by atoms with Gasteiger partial charge >= 0.3 is 5.97 Å². The highest BCUT2D eigenvalue weighted by atomic mass is 32.1. The third-order valence-electron chi connectivity index (χ3n) is 3.26. The number of rotatable bonds is 3. The Morgan fingerprint density at radius 2 is 2.00 bits per heavy atom. The average molecular weight is 298 g/mol. The topological polar surface area (TPSA) is 63.1 Å². The monoisotopic (exact) mass is 298 g/mol. The standard InChI is InChI=1S/C16H14N2O2S/c1-9(2)12-14(16(19)20)21-15(18-12)11-7-3-5-10-6-4-8-17-13(10)11/h3-9H,1-2H3,(H,19,20). The molecular formula is C16H14N2O2S. The maximum atomic E-state index is 11.4. The van der Waals surface area contributed by atoms with Gasteiger partial charge < -0.3 is 5.11 Å². The molecule has 0 aliphatic heterocycles. The van der Waals surface area contributed by atoms with E-state index in [0.717, 1.165) is 16.5 Å². The summed E-state index contributed by atoms with van der Waals surface area (Å²) in [5, 5.41) is 11.1. The van der Waals surface area contributed by atoms with Gasteiger partial charge in [0.15, 0.2) is 0 Å². The third kappa shape index (κ3) is 2.40. The molecule has 0 amide bonds. The summed E-state index contributed by atoms with van der Waals surface area (Å²) >= 11 is 1.21. The number of pyridine rings is 1. The Hall–Kier alpha value is -2.27. The molecule has 5 heteroatoms. The van der Waals surface area contributed by atoms with Gasteiger partial charge in [0.05, 0.1) is 11.2 Å². The largest absolute Gasteiger partial charge is 0.477 e. The first kappa shape index (κ1) is 13.7. The number of carbonyl (C=O) groups is 1. The summed E-state index contributed by atoms with van der Waals surface area (Å²) in [5.41, 5.74) is 2.36. The second-order valence-corrected chi connectivity index (χ2v) is 6.07. The van der Waals surface area contributed by atoms with E-state index in [0.29, 0.717) is 15.6 Å². The van der Waals surface area contributed by atoms with Crippen molar-refractivity contribution in [1.82, 2.24) is 9.97 Å². The lowest BCUT2D eigenvalue weighted by Crippen LogP contribution is -2.00. The Balaban J connectivity index is 2.24. The van der Waals surface area contributed by atoms with Gasteiger partial charge in [0.2, 0.25) is 0 Å². The normalized spacial score (nSPS) is 11.2. The van der Waals surface area contributed by atoms with Crippen LogP contribution in [-0.4, -0.2) is 21.0 Å². The number of para-hydroxylation sites is 1. The second-order valence-electron chi connectivity index (χ2n) is 5.07. The van der Waals surface area contributed by atoms with Gasteiger partial charge in [-0.15, -0.1) is 11.3 Å². The highest BCUT2D eigenvalue weighted by Crippen LogP contribution is 2.34. The number of carboxylic acids is 1. The minimum absolute atomic E-state index is 0.0732. The number of nitrogens with zero attached hydrogens (tertiary/aromatic N) is 2. The van der Waals surface area contributed by atoms with Crippen molar-refractivity contribution >= 4 is 28.2 Å². The summed E-state index contributed by atoms with van der Waals surface area (Å²) in [6, 6.07) is 9.73. The number of hydrogen-bond acceptors (Lipinski definition) is 4. The molecule has 0 saturated carbocycles. The molecule has 0 fully saturated rings. The van der Waals surface area contributed by atoms with E-state index in [-0.39, 0.29) is 5.92 Å². The van der Waals surface area contributed by atoms with Crippen molar-refractivity contribution in [3.8, 4) is 10.6 Å². The molecule has 21 heavy (non-hydrogen) atoms. The molecule has 0 bridgehead atoms. The van der Waals surface area contributed by atoms with E-state index in [4.69, 9.17) is 0 Å². The highest BCUT2D eigenvalue weighted by Gasteiger charge is 2.21. The van der Waals surface area contributed by atoms with Crippen LogP contribution in [0, 0.1) is 0 Å². The first-order valence-electron chi connectivity index (χ1n) is 6.66. The van der Waals surface area contributed by atoms with Crippen LogP contribution in [0.25, 0.3) is 21.5 Å². The fourth-order valence-electron chi connectivity index (χ4n) is 2.27. The van der Waals surface area contributed by atoms with Crippen molar-refractivity contribution < 1.29 is 9.90 Å². The summed E-state index contributed by atoms with van der Waals surface area (Å²) in [4.78, 5) is 20.7. The molecule has 0 spiro atoms. The van der Waals surface area contributed by atoms with Crippen molar-refractivity contribution in [3.63, 3.8) is 0 Å². The molecule has 0 aliphatic carbocycles. The minimum Gasteiger partial charge on any atom is -0.477 e. The molecule has 0 aliphatic rings. The predicted octanol–water partition coefficient (Wildman–Crippen LogP) is 4.18. The van der Waals surface area contributed by atoms with Crippen molar-refractivity contribution in [3.05, 3.63) is 47.1 Å². The van der Waals surface area contributed by atoms with Gasteiger partial charge in [0.25, 0.3) is 0 Å². The lowest BCUT2D eigenvalue weighted by Gasteiger charge is -2.02. The fraction of sp³-hybridized carbons (Fsp3) is 0.188. The molecule has 3 aromatic rings. The van der Waals surface area contributed by atoms with E-state index in [9.17, 15) is 9.90 Å². The Morgan fingerprint density at radius 1 is 1.24 bits per heavy atom. The van der Waals surface area contributed by atoms with E-state index in [1.54, 1.807) is 6.20 Å². The molecular weight excluding hydrogens is 284 g/mol. The highest BCUT2D eigenvalue weighted by molar-refractivity contribution is 7.17. The second kappa shape index (κ2) is 5.26. The molecule has 0 atom stereocenters. The van der Waals surface area contributed by atoms with Crippen LogP contribution in [0.1, 0.15) is 35.1 Å². The van der Waals surface area contributed by atoms with E-state index in [2.05, 4.69) is 9.97 Å². The van der Waals surface area contributed by atoms with Crippen LogP contribution in [0.15, 0.2) is 36.5 Å². The fourth-order valence-corrected chi connectivity index (χ4v) is 3.35. The van der Waals surface area contributed by atoms with Gasteiger partial charge in [-0.3, -0.25) is 4.98 Å². The molecule has 4 nitrogen and oxygen atoms in total. The van der Waals surface area contributed by atoms with Crippen LogP contribution >= 0.6 is 11.3 Å². The van der Waals surface area contributed by atoms with E-state index < -0.39 is 5.97 Å². The molecule has 1 N–H and O–H groups in total. The molecule has 2 aromatic heterocycles. The number of carboxylic acid groups (broad SMARTS) is 1. The molecule has 2 heterocycles. The van der Waals surface area contributed by atoms with Crippen molar-refractivity contribution in [1.29, 1.82) is 0 Å². The minimum atomic E-state index is -0.921. The van der Waals surface area contributed by atoms with Crippen LogP contribution in [0.4, 0.5) is 0 Å². The van der Waals surface area contributed by atoms with Gasteiger partial charge in [-0.05, 0) is 18.1 Å². The summed E-state index contributed by atoms with van der Waals surface area (Å²) in [5.74, 6) is -0.848. The van der Waals surface area contributed by atoms with Crippen LogP contribution in [0.3, 0.4) is 0 Å². The first-order chi connectivity index (χ1) is 10.1. The number of hydrogen-bond donors (Lipinski definition) is 1. The Kier molecular flexibility index (Phi) is 3.43. The van der Waals surface area contributed by atoms with Gasteiger partial charge in [0.1, 0.15) is 9.88 Å². The Labute approximate surface area is 126 Å². The summed E-state index contributed by atoms with van der Waals surface area (Å²) in [6.45, 7) is 3.90. The van der Waals surface area contributed by atoms with E-state index >= 15 is 0 Å². The smallest absolute Gasteiger partial charge is 0.347 e.